The van der Waals surface area contributed by atoms with Crippen LogP contribution in [0.4, 0.5) is 4.79 Å². The average Bonchev–Trinajstić information content (AvgIpc) is 2.46. The highest BCUT2D eigenvalue weighted by atomic mass is 16.7. The topological polar surface area (TPSA) is 83.1 Å². The Kier molecular flexibility index (Phi) is 6.91. The van der Waals surface area contributed by atoms with Crippen molar-refractivity contribution in [3.05, 3.63) is 0 Å². The molecule has 0 saturated carbocycles. The van der Waals surface area contributed by atoms with Crippen molar-refractivity contribution in [2.75, 3.05) is 27.1 Å². The van der Waals surface area contributed by atoms with Crippen LogP contribution in [-0.4, -0.2) is 50.8 Å². The Morgan fingerprint density at radius 3 is 2.38 bits per heavy atom. The summed E-state index contributed by atoms with van der Waals surface area (Å²) in [4.78, 5) is 23.7. The van der Waals surface area contributed by atoms with Crippen molar-refractivity contribution < 1.29 is 28.5 Å². The van der Waals surface area contributed by atoms with Crippen LogP contribution in [0.25, 0.3) is 0 Å². The molecular weight excluding hydrogens is 278 g/mol. The fourth-order valence-corrected chi connectivity index (χ4v) is 2.09. The Morgan fingerprint density at radius 2 is 1.90 bits per heavy atom. The van der Waals surface area contributed by atoms with Gasteiger partial charge in [-0.1, -0.05) is 20.8 Å². The van der Waals surface area contributed by atoms with Gasteiger partial charge in [0.2, 0.25) is 0 Å². The summed E-state index contributed by atoms with van der Waals surface area (Å²) in [5.41, 5.74) is -0.805. The molecule has 0 aromatic carbocycles. The van der Waals surface area contributed by atoms with E-state index in [-0.39, 0.29) is 25.9 Å². The molecule has 7 nitrogen and oxygen atoms in total. The average molecular weight is 303 g/mol. The minimum atomic E-state index is -0.805. The van der Waals surface area contributed by atoms with Gasteiger partial charge in [-0.3, -0.25) is 0 Å². The van der Waals surface area contributed by atoms with Gasteiger partial charge in [-0.05, 0) is 18.8 Å². The second kappa shape index (κ2) is 8.19. The highest BCUT2D eigenvalue weighted by molar-refractivity contribution is 5.81. The van der Waals surface area contributed by atoms with Gasteiger partial charge in [-0.25, -0.2) is 9.59 Å². The largest absolute Gasteiger partial charge is 0.467 e. The third-order valence-electron chi connectivity index (χ3n) is 3.34. The van der Waals surface area contributed by atoms with Gasteiger partial charge in [-0.15, -0.1) is 0 Å². The molecule has 1 heterocycles. The van der Waals surface area contributed by atoms with Crippen molar-refractivity contribution in [3.8, 4) is 0 Å². The smallest absolute Gasteiger partial charge is 0.408 e. The Morgan fingerprint density at radius 1 is 1.29 bits per heavy atom. The first-order chi connectivity index (χ1) is 9.92. The van der Waals surface area contributed by atoms with Crippen LogP contribution in [0, 0.1) is 5.92 Å². The molecule has 7 heteroatoms. The monoisotopic (exact) mass is 303 g/mol. The molecule has 0 radical (unpaired) electrons. The molecule has 0 aromatic heterocycles. The van der Waals surface area contributed by atoms with Crippen molar-refractivity contribution >= 4 is 12.1 Å². The summed E-state index contributed by atoms with van der Waals surface area (Å²) in [7, 11) is 1.29. The van der Waals surface area contributed by atoms with Crippen LogP contribution in [0.5, 0.6) is 0 Å². The highest BCUT2D eigenvalue weighted by Gasteiger charge is 2.37. The number of rotatable bonds is 6. The van der Waals surface area contributed by atoms with Gasteiger partial charge in [0.1, 0.15) is 12.8 Å². The standard InChI is InChI=1S/C14H25NO6/c1-5-14(7-19-9-20-8-14)21-13(17)15-11(6-10(2)3)12(16)18-4/h10-11H,5-9H2,1-4H3,(H,15,17)/t11-/m0/s1. The number of alkyl carbamates (subject to hydrolysis) is 1. The van der Waals surface area contributed by atoms with Gasteiger partial charge in [0.05, 0.1) is 20.3 Å². The second-order valence-electron chi connectivity index (χ2n) is 5.59. The summed E-state index contributed by atoms with van der Waals surface area (Å²) in [6, 6.07) is -0.721. The molecular formula is C14H25NO6. The number of carbonyl (C=O) groups excluding carboxylic acids is 2. The van der Waals surface area contributed by atoms with E-state index in [1.807, 2.05) is 20.8 Å². The number of nitrogens with one attached hydrogen (secondary N) is 1. The lowest BCUT2D eigenvalue weighted by atomic mass is 10.0. The van der Waals surface area contributed by atoms with Gasteiger partial charge in [0.15, 0.2) is 5.60 Å². The van der Waals surface area contributed by atoms with E-state index in [0.717, 1.165) is 0 Å². The molecule has 1 atom stereocenters. The van der Waals surface area contributed by atoms with Gasteiger partial charge in [-0.2, -0.15) is 0 Å². The lowest BCUT2D eigenvalue weighted by molar-refractivity contribution is -0.200. The number of amides is 1. The van der Waals surface area contributed by atoms with Crippen LogP contribution in [0.15, 0.2) is 0 Å². The van der Waals surface area contributed by atoms with Gasteiger partial charge in [0.25, 0.3) is 0 Å². The Balaban J connectivity index is 2.61. The van der Waals surface area contributed by atoms with Crippen molar-refractivity contribution in [2.45, 2.75) is 45.3 Å². The summed E-state index contributed by atoms with van der Waals surface area (Å²) in [6.07, 6.45) is 0.378. The maximum absolute atomic E-state index is 12.0. The summed E-state index contributed by atoms with van der Waals surface area (Å²) in [5.74, 6) is -0.252. The number of hydrogen-bond acceptors (Lipinski definition) is 6. The summed E-state index contributed by atoms with van der Waals surface area (Å²) < 4.78 is 20.5. The van der Waals surface area contributed by atoms with Crippen LogP contribution in [0.2, 0.25) is 0 Å². The molecule has 0 aromatic rings. The third kappa shape index (κ3) is 5.51. The molecule has 1 N–H and O–H groups in total. The fourth-order valence-electron chi connectivity index (χ4n) is 2.09. The lowest BCUT2D eigenvalue weighted by Gasteiger charge is -2.35. The number of esters is 1. The van der Waals surface area contributed by atoms with E-state index in [1.165, 1.54) is 7.11 Å². The van der Waals surface area contributed by atoms with E-state index in [4.69, 9.17) is 18.9 Å². The quantitative estimate of drug-likeness (QED) is 0.748. The van der Waals surface area contributed by atoms with E-state index >= 15 is 0 Å². The molecule has 1 fully saturated rings. The summed E-state index contributed by atoms with van der Waals surface area (Å²) >= 11 is 0. The zero-order valence-corrected chi connectivity index (χ0v) is 13.1. The predicted molar refractivity (Wildman–Crippen MR) is 74.7 cm³/mol. The highest BCUT2D eigenvalue weighted by Crippen LogP contribution is 2.21. The second-order valence-corrected chi connectivity index (χ2v) is 5.59. The van der Waals surface area contributed by atoms with Crippen LogP contribution in [-0.2, 0) is 23.7 Å². The first kappa shape index (κ1) is 17.7. The van der Waals surface area contributed by atoms with E-state index in [9.17, 15) is 9.59 Å². The zero-order chi connectivity index (χ0) is 15.9. The number of ether oxygens (including phenoxy) is 4. The molecule has 1 aliphatic rings. The number of hydrogen-bond donors (Lipinski definition) is 1. The SMILES string of the molecule is CCC1(OC(=O)N[C@@H](CC(C)C)C(=O)OC)COCOC1. The molecule has 1 rings (SSSR count). The van der Waals surface area contributed by atoms with Crippen molar-refractivity contribution in [1.29, 1.82) is 0 Å². The Hall–Kier alpha value is -1.34. The van der Waals surface area contributed by atoms with E-state index in [1.54, 1.807) is 0 Å². The minimum absolute atomic E-state index is 0.199. The number of carbonyl (C=O) groups is 2. The summed E-state index contributed by atoms with van der Waals surface area (Å²) in [5, 5.41) is 2.56. The molecule has 122 valence electrons. The van der Waals surface area contributed by atoms with E-state index in [0.29, 0.717) is 12.8 Å². The first-order valence-corrected chi connectivity index (χ1v) is 7.15. The lowest BCUT2D eigenvalue weighted by Crippen LogP contribution is -2.51. The molecule has 21 heavy (non-hydrogen) atoms. The first-order valence-electron chi connectivity index (χ1n) is 7.15. The molecule has 1 aliphatic heterocycles. The van der Waals surface area contributed by atoms with Crippen molar-refractivity contribution in [1.82, 2.24) is 5.32 Å². The predicted octanol–water partition coefficient (Wildman–Crippen LogP) is 1.45. The summed E-state index contributed by atoms with van der Waals surface area (Å²) in [6.45, 7) is 6.56. The van der Waals surface area contributed by atoms with Crippen molar-refractivity contribution in [3.63, 3.8) is 0 Å². The molecule has 1 amide bonds. The van der Waals surface area contributed by atoms with Crippen LogP contribution < -0.4 is 5.32 Å². The third-order valence-corrected chi connectivity index (χ3v) is 3.34. The van der Waals surface area contributed by atoms with Crippen LogP contribution >= 0.6 is 0 Å². The normalized spacial score (nSPS) is 18.9. The molecule has 1 saturated heterocycles. The maximum Gasteiger partial charge on any atom is 0.408 e. The number of methoxy groups -OCH3 is 1. The van der Waals surface area contributed by atoms with Crippen LogP contribution in [0.1, 0.15) is 33.6 Å². The molecule has 0 aliphatic carbocycles. The van der Waals surface area contributed by atoms with Gasteiger partial charge >= 0.3 is 12.1 Å². The molecule has 0 spiro atoms. The maximum atomic E-state index is 12.0. The Labute approximate surface area is 125 Å². The Bertz CT molecular complexity index is 351. The van der Waals surface area contributed by atoms with E-state index in [2.05, 4.69) is 5.32 Å². The fraction of sp³-hybridized carbons (Fsp3) is 0.857. The van der Waals surface area contributed by atoms with Gasteiger partial charge < -0.3 is 24.3 Å². The van der Waals surface area contributed by atoms with Crippen molar-refractivity contribution in [2.24, 2.45) is 5.92 Å². The minimum Gasteiger partial charge on any atom is -0.467 e. The molecule has 0 unspecified atom stereocenters. The zero-order valence-electron chi connectivity index (χ0n) is 13.1. The molecule has 0 bridgehead atoms. The van der Waals surface area contributed by atoms with E-state index < -0.39 is 23.7 Å². The van der Waals surface area contributed by atoms with Crippen LogP contribution in [0.3, 0.4) is 0 Å². The van der Waals surface area contributed by atoms with Gasteiger partial charge in [0, 0.05) is 0 Å².